The molecule has 1 atom stereocenters. The smallest absolute Gasteiger partial charge is 0.214 e. The third-order valence-corrected chi connectivity index (χ3v) is 8.70. The molecule has 4 bridgehead atoms. The Morgan fingerprint density at radius 2 is 1.81 bits per heavy atom. The van der Waals surface area contributed by atoms with Gasteiger partial charge >= 0.3 is 0 Å². The molecular weight excluding hydrogens is 637 g/mol. The van der Waals surface area contributed by atoms with Gasteiger partial charge in [-0.25, -0.2) is 14.4 Å². The van der Waals surface area contributed by atoms with E-state index in [2.05, 4.69) is 15.6 Å². The summed E-state index contributed by atoms with van der Waals surface area (Å²) in [7, 11) is 2.65. The van der Waals surface area contributed by atoms with Gasteiger partial charge in [0.25, 0.3) is 0 Å². The molecular formula is C37H39ClFN3O6. The second kappa shape index (κ2) is 15.4. The zero-order chi connectivity index (χ0) is 33.6. The Kier molecular flexibility index (Phi) is 10.9. The molecule has 2 aromatic heterocycles. The fourth-order valence-corrected chi connectivity index (χ4v) is 6.15. The van der Waals surface area contributed by atoms with Crippen molar-refractivity contribution in [3.8, 4) is 22.9 Å². The lowest BCUT2D eigenvalue weighted by molar-refractivity contribution is -0.0589. The molecule has 3 aromatic carbocycles. The number of methoxy groups -OCH3 is 1. The number of rotatable bonds is 8. The van der Waals surface area contributed by atoms with E-state index in [1.165, 1.54) is 0 Å². The molecule has 4 heterocycles. The van der Waals surface area contributed by atoms with Crippen LogP contribution in [0.15, 0.2) is 60.7 Å². The molecule has 48 heavy (non-hydrogen) atoms. The number of aromatic nitrogens is 3. The summed E-state index contributed by atoms with van der Waals surface area (Å²) in [4.78, 5) is 9.73. The summed E-state index contributed by atoms with van der Waals surface area (Å²) in [6, 6.07) is 18.6. The molecule has 1 unspecified atom stereocenters. The van der Waals surface area contributed by atoms with Gasteiger partial charge in [-0.05, 0) is 83.6 Å². The number of imidazole rings is 1. The molecule has 0 spiro atoms. The van der Waals surface area contributed by atoms with Crippen LogP contribution >= 0.6 is 11.6 Å². The van der Waals surface area contributed by atoms with E-state index in [4.69, 9.17) is 45.4 Å². The van der Waals surface area contributed by atoms with Crippen molar-refractivity contribution in [3.05, 3.63) is 105 Å². The van der Waals surface area contributed by atoms with Crippen molar-refractivity contribution in [1.82, 2.24) is 14.5 Å². The predicted octanol–water partition coefficient (Wildman–Crippen LogP) is 6.82. The first-order valence-corrected chi connectivity index (χ1v) is 16.3. The van der Waals surface area contributed by atoms with Gasteiger partial charge in [-0.3, -0.25) is 0 Å². The summed E-state index contributed by atoms with van der Waals surface area (Å²) in [6.07, 6.45) is 1.46. The number of aliphatic hydroxyl groups is 1. The van der Waals surface area contributed by atoms with Crippen molar-refractivity contribution >= 4 is 22.6 Å². The quantitative estimate of drug-likeness (QED) is 0.179. The van der Waals surface area contributed by atoms with Gasteiger partial charge < -0.3 is 33.4 Å². The molecule has 1 saturated heterocycles. The molecule has 1 N–H and O–H groups in total. The topological polar surface area (TPSA) is 97.1 Å². The van der Waals surface area contributed by atoms with Gasteiger partial charge in [0, 0.05) is 43.9 Å². The third kappa shape index (κ3) is 7.48. The van der Waals surface area contributed by atoms with Crippen LogP contribution in [0.5, 0.6) is 11.6 Å². The van der Waals surface area contributed by atoms with E-state index in [0.29, 0.717) is 60.7 Å². The molecule has 2 aliphatic heterocycles. The number of ether oxygens (including phenoxy) is 5. The molecule has 0 aliphatic carbocycles. The molecule has 0 radical (unpaired) electrons. The monoisotopic (exact) mass is 675 g/mol. The van der Waals surface area contributed by atoms with Gasteiger partial charge in [0.15, 0.2) is 0 Å². The molecule has 11 heteroatoms. The molecule has 5 aromatic rings. The summed E-state index contributed by atoms with van der Waals surface area (Å²) in [5.74, 6) is 1.53. The Morgan fingerprint density at radius 1 is 0.979 bits per heavy atom. The van der Waals surface area contributed by atoms with E-state index in [1.807, 2.05) is 43.3 Å². The van der Waals surface area contributed by atoms with Gasteiger partial charge in [-0.1, -0.05) is 23.7 Å². The minimum Gasteiger partial charge on any atom is -0.489 e. The summed E-state index contributed by atoms with van der Waals surface area (Å²) >= 11 is 6.34. The van der Waals surface area contributed by atoms with E-state index in [-0.39, 0.29) is 25.1 Å². The highest BCUT2D eigenvalue weighted by atomic mass is 35.5. The molecule has 0 saturated carbocycles. The van der Waals surface area contributed by atoms with E-state index < -0.39 is 0 Å². The van der Waals surface area contributed by atoms with E-state index >= 15 is 4.39 Å². The van der Waals surface area contributed by atoms with Crippen molar-refractivity contribution < 1.29 is 33.2 Å². The Labute approximate surface area is 284 Å². The van der Waals surface area contributed by atoms with Gasteiger partial charge in [0.1, 0.15) is 36.1 Å². The van der Waals surface area contributed by atoms with Crippen molar-refractivity contribution in [2.75, 3.05) is 34.0 Å². The van der Waals surface area contributed by atoms with Gasteiger partial charge in [0.2, 0.25) is 5.88 Å². The van der Waals surface area contributed by atoms with Crippen LogP contribution in [-0.4, -0.2) is 59.8 Å². The van der Waals surface area contributed by atoms with Gasteiger partial charge in [-0.2, -0.15) is 0 Å². The summed E-state index contributed by atoms with van der Waals surface area (Å²) < 4.78 is 47.6. The molecule has 0 amide bonds. The van der Waals surface area contributed by atoms with Crippen LogP contribution in [0.25, 0.3) is 22.3 Å². The first kappa shape index (κ1) is 33.8. The molecule has 1 fully saturated rings. The van der Waals surface area contributed by atoms with Crippen LogP contribution in [0.1, 0.15) is 40.1 Å². The Morgan fingerprint density at radius 3 is 2.60 bits per heavy atom. The van der Waals surface area contributed by atoms with Crippen molar-refractivity contribution in [1.29, 1.82) is 0 Å². The van der Waals surface area contributed by atoms with Crippen molar-refractivity contribution in [3.63, 3.8) is 0 Å². The number of benzene rings is 3. The number of hydrogen-bond acceptors (Lipinski definition) is 8. The molecule has 9 nitrogen and oxygen atoms in total. The lowest BCUT2D eigenvalue weighted by Crippen LogP contribution is -2.31. The minimum atomic E-state index is -0.377. The first-order valence-electron chi connectivity index (χ1n) is 15.9. The van der Waals surface area contributed by atoms with Crippen LogP contribution in [-0.2, 0) is 47.0 Å². The van der Waals surface area contributed by atoms with Crippen LogP contribution in [0.3, 0.4) is 0 Å². The maximum Gasteiger partial charge on any atom is 0.214 e. The Bertz CT molecular complexity index is 1890. The van der Waals surface area contributed by atoms with Crippen LogP contribution < -0.4 is 9.47 Å². The summed E-state index contributed by atoms with van der Waals surface area (Å²) in [5.41, 5.74) is 7.14. The molecule has 2 aliphatic rings. The average molecular weight is 676 g/mol. The van der Waals surface area contributed by atoms with E-state index in [0.717, 1.165) is 64.8 Å². The maximum absolute atomic E-state index is 16.0. The lowest BCUT2D eigenvalue weighted by atomic mass is 9.99. The fourth-order valence-electron chi connectivity index (χ4n) is 5.95. The van der Waals surface area contributed by atoms with Gasteiger partial charge in [-0.15, -0.1) is 0 Å². The Balaban J connectivity index is 0.00000197. The average Bonchev–Trinajstić information content (AvgIpc) is 3.40. The fraction of sp³-hybridized carbons (Fsp3) is 0.351. The number of aliphatic hydroxyl groups excluding tert-OH is 1. The number of nitrogens with zero attached hydrogens (tertiary/aromatic N) is 3. The number of halogens is 2. The zero-order valence-electron chi connectivity index (χ0n) is 27.3. The SMILES string of the molecule is CO.COCCOc1cc(C)cc2c1nc(Cc1cc(F)c3cc1COCc1cc(Cl)ccc1COc1cccc-3n1)n2CC1CCO1. The second-order valence-corrected chi connectivity index (χ2v) is 12.2. The molecule has 252 valence electrons. The first-order chi connectivity index (χ1) is 23.4. The lowest BCUT2D eigenvalue weighted by Gasteiger charge is -2.27. The van der Waals surface area contributed by atoms with Crippen molar-refractivity contribution in [2.45, 2.75) is 52.2 Å². The minimum absolute atomic E-state index is 0.0957. The zero-order valence-corrected chi connectivity index (χ0v) is 28.1. The third-order valence-electron chi connectivity index (χ3n) is 8.46. The van der Waals surface area contributed by atoms with Crippen LogP contribution in [0.4, 0.5) is 4.39 Å². The number of aryl methyl sites for hydroxylation is 1. The van der Waals surface area contributed by atoms with Gasteiger partial charge in [0.05, 0.1) is 43.7 Å². The standard InChI is InChI=1S/C36H35ClFN3O5.CH4O/c1-22-12-32-36(33(13-22)45-11-10-42-2)40-34(41(32)18-28-8-9-44-28)17-24-16-30(38)29-15-26(24)20-43-19-25-14-27(37)7-6-23(25)21-46-35-5-3-4-31(29)39-35;1-2/h3-7,12-16,28H,8-11,17-21H2,1-2H3;2H,1H3. The van der Waals surface area contributed by atoms with Crippen molar-refractivity contribution in [2.24, 2.45) is 0 Å². The highest BCUT2D eigenvalue weighted by Crippen LogP contribution is 2.33. The second-order valence-electron chi connectivity index (χ2n) is 11.7. The summed E-state index contributed by atoms with van der Waals surface area (Å²) in [6.45, 7) is 5.17. The highest BCUT2D eigenvalue weighted by Gasteiger charge is 2.25. The predicted molar refractivity (Wildman–Crippen MR) is 181 cm³/mol. The Hall–Kier alpha value is -4.06. The van der Waals surface area contributed by atoms with E-state index in [9.17, 15) is 0 Å². The maximum atomic E-state index is 16.0. The summed E-state index contributed by atoms with van der Waals surface area (Å²) in [5, 5.41) is 7.62. The number of fused-ring (bicyclic) bond motifs is 7. The number of pyridine rings is 1. The number of hydrogen-bond donors (Lipinski definition) is 1. The molecule has 7 rings (SSSR count). The highest BCUT2D eigenvalue weighted by molar-refractivity contribution is 6.30. The normalized spacial score (nSPS) is 15.5. The van der Waals surface area contributed by atoms with E-state index in [1.54, 1.807) is 25.3 Å². The van der Waals surface area contributed by atoms with Crippen LogP contribution in [0.2, 0.25) is 5.02 Å². The largest absolute Gasteiger partial charge is 0.489 e. The van der Waals surface area contributed by atoms with Crippen LogP contribution in [0, 0.1) is 12.7 Å².